The van der Waals surface area contributed by atoms with Gasteiger partial charge < -0.3 is 9.80 Å². The Bertz CT molecular complexity index is 636. The summed E-state index contributed by atoms with van der Waals surface area (Å²) in [6.45, 7) is 0. The van der Waals surface area contributed by atoms with Gasteiger partial charge in [0.2, 0.25) is 0 Å². The minimum absolute atomic E-state index is 0.116. The van der Waals surface area contributed by atoms with Crippen molar-refractivity contribution in [3.63, 3.8) is 0 Å². The summed E-state index contributed by atoms with van der Waals surface area (Å²) in [5, 5.41) is 13.0. The van der Waals surface area contributed by atoms with Crippen LogP contribution in [0.4, 0.5) is 17.1 Å². The van der Waals surface area contributed by atoms with Gasteiger partial charge in [-0.1, -0.05) is 12.1 Å². The van der Waals surface area contributed by atoms with E-state index in [4.69, 9.17) is 0 Å². The number of rotatable bonds is 3. The third kappa shape index (κ3) is 2.31. The van der Waals surface area contributed by atoms with E-state index in [1.165, 1.54) is 0 Å². The first-order chi connectivity index (χ1) is 8.91. The van der Waals surface area contributed by atoms with Crippen LogP contribution in [0.25, 0.3) is 10.8 Å². The number of nitro groups is 1. The van der Waals surface area contributed by atoms with Gasteiger partial charge in [-0.3, -0.25) is 10.1 Å². The predicted molar refractivity (Wildman–Crippen MR) is 79.3 cm³/mol. The summed E-state index contributed by atoms with van der Waals surface area (Å²) in [6, 6.07) is 9.17. The van der Waals surface area contributed by atoms with Gasteiger partial charge in [-0.05, 0) is 6.07 Å². The zero-order chi connectivity index (χ0) is 14.2. The van der Waals surface area contributed by atoms with Gasteiger partial charge in [-0.25, -0.2) is 0 Å². The lowest BCUT2D eigenvalue weighted by Gasteiger charge is -2.19. The first-order valence-corrected chi connectivity index (χ1v) is 5.97. The highest BCUT2D eigenvalue weighted by Crippen LogP contribution is 2.35. The molecular formula is C14H17N3O2. The van der Waals surface area contributed by atoms with Crippen molar-refractivity contribution in [2.45, 2.75) is 0 Å². The molecule has 0 heterocycles. The molecule has 0 aliphatic carbocycles. The zero-order valence-corrected chi connectivity index (χ0v) is 11.5. The summed E-state index contributed by atoms with van der Waals surface area (Å²) in [4.78, 5) is 14.6. The molecule has 0 aliphatic heterocycles. The standard InChI is InChI=1S/C14H17N3O2/c1-15(2)13-7-5-6-11-12(13)8-10(17(18)19)9-14(11)16(3)4/h5-9H,1-4H3. The molecule has 100 valence electrons. The molecule has 0 saturated heterocycles. The molecule has 2 aromatic carbocycles. The summed E-state index contributed by atoms with van der Waals surface area (Å²) in [7, 11) is 7.65. The maximum Gasteiger partial charge on any atom is 0.272 e. The number of nitrogens with zero attached hydrogens (tertiary/aromatic N) is 3. The van der Waals surface area contributed by atoms with Crippen molar-refractivity contribution >= 4 is 27.8 Å². The number of fused-ring (bicyclic) bond motifs is 1. The highest BCUT2D eigenvalue weighted by molar-refractivity contribution is 6.03. The van der Waals surface area contributed by atoms with Crippen molar-refractivity contribution in [3.05, 3.63) is 40.4 Å². The Morgan fingerprint density at radius 1 is 0.947 bits per heavy atom. The largest absolute Gasteiger partial charge is 0.377 e. The topological polar surface area (TPSA) is 49.6 Å². The van der Waals surface area contributed by atoms with E-state index in [9.17, 15) is 10.1 Å². The van der Waals surface area contributed by atoms with Gasteiger partial charge in [-0.15, -0.1) is 0 Å². The third-order valence-electron chi connectivity index (χ3n) is 3.11. The van der Waals surface area contributed by atoms with E-state index in [2.05, 4.69) is 0 Å². The van der Waals surface area contributed by atoms with E-state index in [0.29, 0.717) is 0 Å². The molecular weight excluding hydrogens is 242 g/mol. The van der Waals surface area contributed by atoms with Crippen molar-refractivity contribution in [1.82, 2.24) is 0 Å². The molecule has 0 amide bonds. The molecule has 0 spiro atoms. The summed E-state index contributed by atoms with van der Waals surface area (Å²) in [5.41, 5.74) is 1.95. The molecule has 0 saturated carbocycles. The second-order valence-corrected chi connectivity index (χ2v) is 4.88. The molecule has 0 N–H and O–H groups in total. The summed E-state index contributed by atoms with van der Waals surface area (Å²) >= 11 is 0. The smallest absolute Gasteiger partial charge is 0.272 e. The fraction of sp³-hybridized carbons (Fsp3) is 0.286. The molecule has 2 aromatic rings. The van der Waals surface area contributed by atoms with Crippen LogP contribution in [-0.2, 0) is 0 Å². The molecule has 5 nitrogen and oxygen atoms in total. The van der Waals surface area contributed by atoms with Crippen LogP contribution < -0.4 is 9.80 Å². The summed E-state index contributed by atoms with van der Waals surface area (Å²) < 4.78 is 0. The first-order valence-electron chi connectivity index (χ1n) is 5.97. The second-order valence-electron chi connectivity index (χ2n) is 4.88. The Labute approximate surface area is 112 Å². The van der Waals surface area contributed by atoms with E-state index < -0.39 is 0 Å². The Hall–Kier alpha value is -2.30. The van der Waals surface area contributed by atoms with Gasteiger partial charge in [0.15, 0.2) is 0 Å². The lowest BCUT2D eigenvalue weighted by atomic mass is 10.0. The number of nitro benzene ring substituents is 1. The number of hydrogen-bond acceptors (Lipinski definition) is 4. The molecule has 0 bridgehead atoms. The Kier molecular flexibility index (Phi) is 3.29. The predicted octanol–water partition coefficient (Wildman–Crippen LogP) is 2.88. The number of anilines is 2. The Morgan fingerprint density at radius 2 is 1.58 bits per heavy atom. The molecule has 0 radical (unpaired) electrons. The summed E-state index contributed by atoms with van der Waals surface area (Å²) in [6.07, 6.45) is 0. The Morgan fingerprint density at radius 3 is 2.11 bits per heavy atom. The minimum atomic E-state index is -0.348. The number of non-ortho nitro benzene ring substituents is 1. The fourth-order valence-corrected chi connectivity index (χ4v) is 2.20. The maximum atomic E-state index is 11.1. The average molecular weight is 259 g/mol. The van der Waals surface area contributed by atoms with Gasteiger partial charge in [0, 0.05) is 56.8 Å². The maximum absolute atomic E-state index is 11.1. The van der Waals surface area contributed by atoms with E-state index in [0.717, 1.165) is 22.1 Å². The van der Waals surface area contributed by atoms with Crippen LogP contribution in [-0.4, -0.2) is 33.1 Å². The van der Waals surface area contributed by atoms with Crippen molar-refractivity contribution < 1.29 is 4.92 Å². The monoisotopic (exact) mass is 259 g/mol. The van der Waals surface area contributed by atoms with E-state index in [1.54, 1.807) is 12.1 Å². The van der Waals surface area contributed by atoms with Crippen LogP contribution in [0.15, 0.2) is 30.3 Å². The highest BCUT2D eigenvalue weighted by atomic mass is 16.6. The average Bonchev–Trinajstić information content (AvgIpc) is 2.36. The van der Waals surface area contributed by atoms with Crippen LogP contribution >= 0.6 is 0 Å². The van der Waals surface area contributed by atoms with Crippen molar-refractivity contribution in [2.24, 2.45) is 0 Å². The van der Waals surface area contributed by atoms with Crippen LogP contribution in [0, 0.1) is 10.1 Å². The molecule has 0 aliphatic rings. The van der Waals surface area contributed by atoms with Crippen molar-refractivity contribution in [3.8, 4) is 0 Å². The van der Waals surface area contributed by atoms with E-state index in [-0.39, 0.29) is 10.6 Å². The van der Waals surface area contributed by atoms with Crippen LogP contribution in [0.1, 0.15) is 0 Å². The molecule has 5 heteroatoms. The number of benzene rings is 2. The zero-order valence-electron chi connectivity index (χ0n) is 11.5. The molecule has 0 unspecified atom stereocenters. The minimum Gasteiger partial charge on any atom is -0.377 e. The van der Waals surface area contributed by atoms with Gasteiger partial charge in [0.05, 0.1) is 10.6 Å². The molecule has 2 rings (SSSR count). The van der Waals surface area contributed by atoms with Crippen LogP contribution in [0.3, 0.4) is 0 Å². The fourth-order valence-electron chi connectivity index (χ4n) is 2.20. The van der Waals surface area contributed by atoms with Gasteiger partial charge in [-0.2, -0.15) is 0 Å². The second kappa shape index (κ2) is 4.76. The lowest BCUT2D eigenvalue weighted by Crippen LogP contribution is -2.12. The molecule has 0 fully saturated rings. The first kappa shape index (κ1) is 13.1. The van der Waals surface area contributed by atoms with Crippen LogP contribution in [0.2, 0.25) is 0 Å². The van der Waals surface area contributed by atoms with Gasteiger partial charge >= 0.3 is 0 Å². The summed E-state index contributed by atoms with van der Waals surface area (Å²) in [5.74, 6) is 0. The van der Waals surface area contributed by atoms with E-state index >= 15 is 0 Å². The SMILES string of the molecule is CN(C)c1cc([N+](=O)[O-])cc2c(N(C)C)cccc12. The highest BCUT2D eigenvalue weighted by Gasteiger charge is 2.15. The van der Waals surface area contributed by atoms with E-state index in [1.807, 2.05) is 56.2 Å². The molecule has 0 atom stereocenters. The van der Waals surface area contributed by atoms with Gasteiger partial charge in [0.25, 0.3) is 5.69 Å². The van der Waals surface area contributed by atoms with Crippen LogP contribution in [0.5, 0.6) is 0 Å². The van der Waals surface area contributed by atoms with Crippen molar-refractivity contribution in [2.75, 3.05) is 38.0 Å². The number of hydrogen-bond donors (Lipinski definition) is 0. The molecule has 0 aromatic heterocycles. The third-order valence-corrected chi connectivity index (χ3v) is 3.11. The molecule has 19 heavy (non-hydrogen) atoms. The lowest BCUT2D eigenvalue weighted by molar-refractivity contribution is -0.384. The Balaban J connectivity index is 2.87. The normalized spacial score (nSPS) is 10.5. The van der Waals surface area contributed by atoms with Gasteiger partial charge in [0.1, 0.15) is 0 Å². The van der Waals surface area contributed by atoms with Crippen molar-refractivity contribution in [1.29, 1.82) is 0 Å². The quantitative estimate of drug-likeness (QED) is 0.628.